The van der Waals surface area contributed by atoms with Gasteiger partial charge in [-0.15, -0.1) is 24.8 Å². The van der Waals surface area contributed by atoms with Crippen molar-refractivity contribution in [1.29, 1.82) is 0 Å². The van der Waals surface area contributed by atoms with E-state index in [-0.39, 0.29) is 54.5 Å². The van der Waals surface area contributed by atoms with Crippen LogP contribution in [0.5, 0.6) is 5.75 Å². The lowest BCUT2D eigenvalue weighted by molar-refractivity contribution is -0.150. The summed E-state index contributed by atoms with van der Waals surface area (Å²) in [7, 11) is 1.75. The van der Waals surface area contributed by atoms with Crippen LogP contribution in [0.2, 0.25) is 0 Å². The Balaban J connectivity index is 0.00000194. The third kappa shape index (κ3) is 6.48. The molecule has 1 aromatic carbocycles. The van der Waals surface area contributed by atoms with Gasteiger partial charge in [0.2, 0.25) is 17.7 Å². The fourth-order valence-corrected chi connectivity index (χ4v) is 7.43. The molecule has 3 heterocycles. The Bertz CT molecular complexity index is 1100. The number of benzene rings is 1. The number of carbonyl (C=O) groups excluding carboxylic acids is 3. The molecule has 0 bridgehead atoms. The lowest BCUT2D eigenvalue weighted by Gasteiger charge is -2.46. The lowest BCUT2D eigenvalue weighted by Crippen LogP contribution is -2.67. The van der Waals surface area contributed by atoms with Crippen LogP contribution in [0.1, 0.15) is 69.9 Å². The maximum Gasteiger partial charge on any atom is 0.246 e. The number of amides is 3. The molecule has 3 amide bonds. The molecule has 4 fully saturated rings. The van der Waals surface area contributed by atoms with Crippen LogP contribution >= 0.6 is 24.8 Å². The molecule has 11 heteroatoms. The molecule has 3 N–H and O–H groups in total. The van der Waals surface area contributed by atoms with E-state index in [0.717, 1.165) is 43.4 Å². The van der Waals surface area contributed by atoms with E-state index in [2.05, 4.69) is 20.9 Å². The maximum absolute atomic E-state index is 14.4. The highest BCUT2D eigenvalue weighted by Crippen LogP contribution is 2.49. The number of hydrogen-bond acceptors (Lipinski definition) is 6. The Labute approximate surface area is 255 Å². The molecular formula is C30H45Cl2N5O4. The minimum absolute atomic E-state index is 0. The van der Waals surface area contributed by atoms with Crippen molar-refractivity contribution in [2.24, 2.45) is 11.8 Å². The van der Waals surface area contributed by atoms with Crippen LogP contribution in [0.4, 0.5) is 0 Å². The summed E-state index contributed by atoms with van der Waals surface area (Å²) in [5.74, 6) is 1.24. The van der Waals surface area contributed by atoms with Crippen LogP contribution in [-0.2, 0) is 14.4 Å². The van der Waals surface area contributed by atoms with E-state index in [4.69, 9.17) is 4.74 Å². The highest BCUT2D eigenvalue weighted by atomic mass is 35.5. The number of para-hydroxylation sites is 1. The number of hydrogen-bond donors (Lipinski definition) is 3. The van der Waals surface area contributed by atoms with Gasteiger partial charge in [-0.25, -0.2) is 0 Å². The molecule has 2 saturated carbocycles. The van der Waals surface area contributed by atoms with Crippen molar-refractivity contribution in [3.63, 3.8) is 0 Å². The van der Waals surface area contributed by atoms with E-state index in [0.29, 0.717) is 44.1 Å². The van der Waals surface area contributed by atoms with Crippen molar-refractivity contribution in [2.45, 2.75) is 94.5 Å². The van der Waals surface area contributed by atoms with E-state index >= 15 is 0 Å². The number of nitrogens with zero attached hydrogens (tertiary/aromatic N) is 2. The van der Waals surface area contributed by atoms with Gasteiger partial charge in [0.1, 0.15) is 17.8 Å². The normalized spacial score (nSPS) is 30.1. The predicted octanol–water partition coefficient (Wildman–Crippen LogP) is 2.82. The molecule has 0 spiro atoms. The molecule has 5 aliphatic rings. The summed E-state index contributed by atoms with van der Waals surface area (Å²) in [4.78, 5) is 45.7. The first-order valence-electron chi connectivity index (χ1n) is 15.0. The minimum atomic E-state index is -0.602. The Morgan fingerprint density at radius 1 is 1.00 bits per heavy atom. The zero-order chi connectivity index (χ0) is 27.1. The first kappa shape index (κ1) is 31.9. The molecule has 41 heavy (non-hydrogen) atoms. The number of nitrogens with one attached hydrogen (secondary N) is 3. The smallest absolute Gasteiger partial charge is 0.246 e. The second kappa shape index (κ2) is 13.5. The van der Waals surface area contributed by atoms with Gasteiger partial charge < -0.3 is 25.6 Å². The van der Waals surface area contributed by atoms with Crippen LogP contribution in [0.3, 0.4) is 0 Å². The number of piperidine rings is 1. The average molecular weight is 611 g/mol. The maximum atomic E-state index is 14.4. The molecular weight excluding hydrogens is 565 g/mol. The number of ether oxygens (including phenoxy) is 1. The quantitative estimate of drug-likeness (QED) is 0.439. The van der Waals surface area contributed by atoms with Crippen LogP contribution < -0.4 is 20.7 Å². The van der Waals surface area contributed by atoms with Gasteiger partial charge in [-0.3, -0.25) is 19.3 Å². The molecule has 2 aliphatic carbocycles. The summed E-state index contributed by atoms with van der Waals surface area (Å²) < 4.78 is 5.81. The van der Waals surface area contributed by atoms with Crippen molar-refractivity contribution in [3.8, 4) is 5.75 Å². The number of fused-ring (bicyclic) bond motifs is 4. The van der Waals surface area contributed by atoms with Crippen molar-refractivity contribution in [1.82, 2.24) is 25.8 Å². The van der Waals surface area contributed by atoms with Crippen molar-refractivity contribution < 1.29 is 19.1 Å². The Kier molecular flexibility index (Phi) is 10.5. The molecule has 9 nitrogen and oxygen atoms in total. The van der Waals surface area contributed by atoms with Gasteiger partial charge in [0, 0.05) is 37.2 Å². The van der Waals surface area contributed by atoms with Gasteiger partial charge in [-0.2, -0.15) is 0 Å². The SMILES string of the molecule is CN[C@@H](C)C(=O)N[C@H](C(=O)N1C[C@H]2C[C@H]3C[C@H]3N2C[C@H]1C(=O)N[C@@H]1CCOc2ccccc21)C1CCCCC1.Cl.Cl. The van der Waals surface area contributed by atoms with Crippen molar-refractivity contribution in [3.05, 3.63) is 29.8 Å². The standard InChI is InChI=1S/C30H43N5O4.2ClH/c1-18(31-2)28(36)33-27(19-8-4-3-5-9-19)30(38)35-16-21-14-20-15-24(20)34(21)17-25(35)29(37)32-23-12-13-39-26-11-7-6-10-22(23)26;;/h6-7,10-11,18-21,23-25,27,31H,3-5,8-9,12-17H2,1-2H3,(H,32,37)(H,33,36);2*1H/t18-,20-,21+,23+,24+,25-,27-;;/m0../s1. The van der Waals surface area contributed by atoms with Gasteiger partial charge in [0.25, 0.3) is 0 Å². The molecule has 0 unspecified atom stereocenters. The van der Waals surface area contributed by atoms with Gasteiger partial charge in [0.15, 0.2) is 0 Å². The largest absolute Gasteiger partial charge is 0.493 e. The third-order valence-corrected chi connectivity index (χ3v) is 9.89. The molecule has 0 radical (unpaired) electrons. The zero-order valence-corrected chi connectivity index (χ0v) is 25.7. The third-order valence-electron chi connectivity index (χ3n) is 9.89. The highest BCUT2D eigenvalue weighted by Gasteiger charge is 2.56. The van der Waals surface area contributed by atoms with Gasteiger partial charge >= 0.3 is 0 Å². The molecule has 3 aliphatic heterocycles. The van der Waals surface area contributed by atoms with Crippen LogP contribution in [0.15, 0.2) is 24.3 Å². The summed E-state index contributed by atoms with van der Waals surface area (Å²) in [5.41, 5.74) is 0.987. The Hall–Kier alpha value is -2.07. The fourth-order valence-electron chi connectivity index (χ4n) is 7.43. The number of halogens is 2. The Morgan fingerprint density at radius 3 is 2.51 bits per heavy atom. The molecule has 1 aromatic rings. The van der Waals surface area contributed by atoms with Gasteiger partial charge in [-0.05, 0) is 57.6 Å². The monoisotopic (exact) mass is 609 g/mol. The van der Waals surface area contributed by atoms with Gasteiger partial charge in [0.05, 0.1) is 18.7 Å². The van der Waals surface area contributed by atoms with Crippen LogP contribution in [0.25, 0.3) is 0 Å². The molecule has 0 aromatic heterocycles. The first-order chi connectivity index (χ1) is 18.9. The summed E-state index contributed by atoms with van der Waals surface area (Å²) in [6.45, 7) is 3.47. The summed E-state index contributed by atoms with van der Waals surface area (Å²) in [6.07, 6.45) is 8.14. The van der Waals surface area contributed by atoms with E-state index in [1.807, 2.05) is 36.1 Å². The van der Waals surface area contributed by atoms with Crippen molar-refractivity contribution >= 4 is 42.5 Å². The number of likely N-dealkylation sites (N-methyl/N-ethyl adjacent to an activating group) is 1. The fraction of sp³-hybridized carbons (Fsp3) is 0.700. The molecule has 7 atom stereocenters. The molecule has 2 saturated heterocycles. The predicted molar refractivity (Wildman–Crippen MR) is 161 cm³/mol. The molecule has 6 rings (SSSR count). The summed E-state index contributed by atoms with van der Waals surface area (Å²) in [5, 5.41) is 9.39. The van der Waals surface area contributed by atoms with Gasteiger partial charge in [-0.1, -0.05) is 37.5 Å². The van der Waals surface area contributed by atoms with E-state index in [1.165, 1.54) is 12.8 Å². The second-order valence-electron chi connectivity index (χ2n) is 12.3. The minimum Gasteiger partial charge on any atom is -0.493 e. The lowest BCUT2D eigenvalue weighted by atomic mass is 9.82. The second-order valence-corrected chi connectivity index (χ2v) is 12.3. The van der Waals surface area contributed by atoms with Crippen molar-refractivity contribution in [2.75, 3.05) is 26.7 Å². The number of carbonyl (C=O) groups is 3. The summed E-state index contributed by atoms with van der Waals surface area (Å²) >= 11 is 0. The van der Waals surface area contributed by atoms with E-state index < -0.39 is 18.1 Å². The van der Waals surface area contributed by atoms with Crippen LogP contribution in [-0.4, -0.2) is 84.5 Å². The molecule has 228 valence electrons. The topological polar surface area (TPSA) is 103 Å². The van der Waals surface area contributed by atoms with Crippen LogP contribution in [0, 0.1) is 11.8 Å². The number of rotatable bonds is 7. The highest BCUT2D eigenvalue weighted by molar-refractivity contribution is 5.93. The first-order valence-corrected chi connectivity index (χ1v) is 15.0. The van der Waals surface area contributed by atoms with E-state index in [9.17, 15) is 14.4 Å². The Morgan fingerprint density at radius 2 is 1.76 bits per heavy atom. The van der Waals surface area contributed by atoms with E-state index in [1.54, 1.807) is 7.05 Å². The number of piperazine rings is 1. The zero-order valence-electron chi connectivity index (χ0n) is 24.1. The summed E-state index contributed by atoms with van der Waals surface area (Å²) in [6, 6.07) is 6.99. The average Bonchev–Trinajstić information content (AvgIpc) is 3.65.